The molecule has 1 fully saturated rings. The van der Waals surface area contributed by atoms with Crippen molar-refractivity contribution in [1.82, 2.24) is 0 Å². The molecule has 0 aromatic heterocycles. The molecule has 0 spiro atoms. The Morgan fingerprint density at radius 1 is 1.55 bits per heavy atom. The van der Waals surface area contributed by atoms with Gasteiger partial charge in [-0.05, 0) is 6.92 Å². The normalized spacial score (nSPS) is 44.7. The van der Waals surface area contributed by atoms with Gasteiger partial charge in [-0.15, -0.1) is 0 Å². The van der Waals surface area contributed by atoms with Crippen LogP contribution in [0.15, 0.2) is 0 Å². The van der Waals surface area contributed by atoms with Crippen LogP contribution in [0.3, 0.4) is 0 Å². The number of aliphatic hydroxyl groups is 2. The average Bonchev–Trinajstić information content (AvgIpc) is 2.26. The third-order valence-electron chi connectivity index (χ3n) is 2.02. The van der Waals surface area contributed by atoms with E-state index >= 15 is 0 Å². The number of hydrogen-bond acceptors (Lipinski definition) is 4. The summed E-state index contributed by atoms with van der Waals surface area (Å²) < 4.78 is 10.2. The largest absolute Gasteiger partial charge is 0.394 e. The Hall–Kier alpha value is -0.160. The molecule has 4 heteroatoms. The van der Waals surface area contributed by atoms with Gasteiger partial charge >= 0.3 is 0 Å². The van der Waals surface area contributed by atoms with E-state index in [2.05, 4.69) is 0 Å². The second-order valence-corrected chi connectivity index (χ2v) is 2.75. The highest BCUT2D eigenvalue weighted by Crippen LogP contribution is 2.22. The standard InChI is InChI=1S/C7H14O4/c1-4-7(10-2)6(9)5(3-8)11-4/h4-9H,3H2,1-2H3/t4-,5+,6?,7+/m0/s1. The van der Waals surface area contributed by atoms with Crippen molar-refractivity contribution in [3.8, 4) is 0 Å². The van der Waals surface area contributed by atoms with Crippen molar-refractivity contribution in [1.29, 1.82) is 0 Å². The van der Waals surface area contributed by atoms with Gasteiger partial charge in [0.05, 0.1) is 12.7 Å². The van der Waals surface area contributed by atoms with Crippen molar-refractivity contribution in [2.24, 2.45) is 0 Å². The van der Waals surface area contributed by atoms with E-state index in [0.29, 0.717) is 0 Å². The number of hydrogen-bond donors (Lipinski definition) is 2. The first kappa shape index (κ1) is 8.93. The molecule has 2 N–H and O–H groups in total. The van der Waals surface area contributed by atoms with Crippen molar-refractivity contribution in [2.45, 2.75) is 31.3 Å². The van der Waals surface area contributed by atoms with Gasteiger partial charge in [-0.1, -0.05) is 0 Å². The van der Waals surface area contributed by atoms with E-state index in [1.54, 1.807) is 0 Å². The summed E-state index contributed by atoms with van der Waals surface area (Å²) in [7, 11) is 1.52. The molecule has 4 atom stereocenters. The van der Waals surface area contributed by atoms with Gasteiger partial charge in [-0.2, -0.15) is 0 Å². The van der Waals surface area contributed by atoms with Gasteiger partial charge in [0, 0.05) is 7.11 Å². The van der Waals surface area contributed by atoms with Gasteiger partial charge in [0.25, 0.3) is 0 Å². The van der Waals surface area contributed by atoms with E-state index in [-0.39, 0.29) is 18.8 Å². The van der Waals surface area contributed by atoms with E-state index in [1.807, 2.05) is 6.92 Å². The monoisotopic (exact) mass is 162 g/mol. The predicted octanol–water partition coefficient (Wildman–Crippen LogP) is -0.858. The molecular formula is C7H14O4. The molecule has 1 aliphatic heterocycles. The molecule has 0 aliphatic carbocycles. The molecule has 0 amide bonds. The lowest BCUT2D eigenvalue weighted by Crippen LogP contribution is -2.34. The zero-order chi connectivity index (χ0) is 8.43. The second kappa shape index (κ2) is 3.49. The van der Waals surface area contributed by atoms with Crippen LogP contribution >= 0.6 is 0 Å². The summed E-state index contributed by atoms with van der Waals surface area (Å²) in [5.74, 6) is 0. The number of methoxy groups -OCH3 is 1. The Balaban J connectivity index is 2.55. The quantitative estimate of drug-likeness (QED) is 0.555. The summed E-state index contributed by atoms with van der Waals surface area (Å²) in [6, 6.07) is 0. The highest BCUT2D eigenvalue weighted by molar-refractivity contribution is 4.88. The van der Waals surface area contributed by atoms with Crippen LogP contribution in [0, 0.1) is 0 Å². The summed E-state index contributed by atoms with van der Waals surface area (Å²) in [5.41, 5.74) is 0. The molecule has 0 saturated carbocycles. The SMILES string of the molecule is CO[C@H]1C(O)[C@@H](CO)O[C@H]1C. The minimum atomic E-state index is -0.708. The maximum atomic E-state index is 9.41. The van der Waals surface area contributed by atoms with Crippen LogP contribution in [0.5, 0.6) is 0 Å². The number of aliphatic hydroxyl groups excluding tert-OH is 2. The molecule has 0 aromatic carbocycles. The van der Waals surface area contributed by atoms with Gasteiger partial charge in [0.1, 0.15) is 18.3 Å². The van der Waals surface area contributed by atoms with E-state index in [9.17, 15) is 5.11 Å². The fourth-order valence-corrected chi connectivity index (χ4v) is 1.40. The summed E-state index contributed by atoms with van der Waals surface area (Å²) >= 11 is 0. The average molecular weight is 162 g/mol. The molecule has 0 radical (unpaired) electrons. The van der Waals surface area contributed by atoms with E-state index < -0.39 is 12.2 Å². The lowest BCUT2D eigenvalue weighted by Gasteiger charge is -2.14. The highest BCUT2D eigenvalue weighted by atomic mass is 16.6. The van der Waals surface area contributed by atoms with E-state index in [4.69, 9.17) is 14.6 Å². The predicted molar refractivity (Wildman–Crippen MR) is 38.2 cm³/mol. The van der Waals surface area contributed by atoms with Gasteiger partial charge in [-0.25, -0.2) is 0 Å². The molecule has 0 aromatic rings. The molecule has 1 rings (SSSR count). The molecule has 4 nitrogen and oxygen atoms in total. The summed E-state index contributed by atoms with van der Waals surface area (Å²) in [6.45, 7) is 1.65. The van der Waals surface area contributed by atoms with Crippen LogP contribution in [0.4, 0.5) is 0 Å². The van der Waals surface area contributed by atoms with E-state index in [0.717, 1.165) is 0 Å². The highest BCUT2D eigenvalue weighted by Gasteiger charge is 2.40. The first-order valence-corrected chi connectivity index (χ1v) is 3.68. The van der Waals surface area contributed by atoms with Gasteiger partial charge < -0.3 is 19.7 Å². The fourth-order valence-electron chi connectivity index (χ4n) is 1.40. The molecule has 11 heavy (non-hydrogen) atoms. The van der Waals surface area contributed by atoms with Crippen LogP contribution in [-0.4, -0.2) is 48.3 Å². The van der Waals surface area contributed by atoms with Crippen molar-refractivity contribution >= 4 is 0 Å². The van der Waals surface area contributed by atoms with Gasteiger partial charge in [0.2, 0.25) is 0 Å². The van der Waals surface area contributed by atoms with Gasteiger partial charge in [0.15, 0.2) is 0 Å². The number of rotatable bonds is 2. The molecule has 1 aliphatic rings. The zero-order valence-corrected chi connectivity index (χ0v) is 6.73. The molecule has 1 unspecified atom stereocenters. The minimum absolute atomic E-state index is 0.146. The zero-order valence-electron chi connectivity index (χ0n) is 6.73. The van der Waals surface area contributed by atoms with Crippen molar-refractivity contribution < 1.29 is 19.7 Å². The molecule has 66 valence electrons. The van der Waals surface area contributed by atoms with Crippen LogP contribution < -0.4 is 0 Å². The second-order valence-electron chi connectivity index (χ2n) is 2.75. The molecule has 1 saturated heterocycles. The van der Waals surface area contributed by atoms with Crippen molar-refractivity contribution in [3.05, 3.63) is 0 Å². The van der Waals surface area contributed by atoms with Crippen molar-refractivity contribution in [2.75, 3.05) is 13.7 Å². The third-order valence-corrected chi connectivity index (χ3v) is 2.02. The summed E-state index contributed by atoms with van der Waals surface area (Å²) in [4.78, 5) is 0. The Bertz CT molecular complexity index is 128. The molecule has 1 heterocycles. The van der Waals surface area contributed by atoms with E-state index in [1.165, 1.54) is 7.11 Å². The van der Waals surface area contributed by atoms with Crippen LogP contribution in [0.25, 0.3) is 0 Å². The molecular weight excluding hydrogens is 148 g/mol. The van der Waals surface area contributed by atoms with Crippen molar-refractivity contribution in [3.63, 3.8) is 0 Å². The van der Waals surface area contributed by atoms with Crippen LogP contribution in [0.2, 0.25) is 0 Å². The molecule has 0 bridgehead atoms. The maximum Gasteiger partial charge on any atom is 0.111 e. The Morgan fingerprint density at radius 2 is 2.18 bits per heavy atom. The Kier molecular flexibility index (Phi) is 2.84. The number of ether oxygens (including phenoxy) is 2. The minimum Gasteiger partial charge on any atom is -0.394 e. The lowest BCUT2D eigenvalue weighted by molar-refractivity contribution is -0.0175. The first-order valence-electron chi connectivity index (χ1n) is 3.68. The Morgan fingerprint density at radius 3 is 2.45 bits per heavy atom. The maximum absolute atomic E-state index is 9.41. The fraction of sp³-hybridized carbons (Fsp3) is 1.00. The summed E-state index contributed by atoms with van der Waals surface area (Å²) in [5, 5.41) is 18.1. The Labute approximate surface area is 65.7 Å². The van der Waals surface area contributed by atoms with Crippen LogP contribution in [0.1, 0.15) is 6.92 Å². The topological polar surface area (TPSA) is 58.9 Å². The smallest absolute Gasteiger partial charge is 0.111 e. The third kappa shape index (κ3) is 1.54. The summed E-state index contributed by atoms with van der Waals surface area (Å²) in [6.07, 6.45) is -1.66. The van der Waals surface area contributed by atoms with Gasteiger partial charge in [-0.3, -0.25) is 0 Å². The lowest BCUT2D eigenvalue weighted by atomic mass is 10.1. The van der Waals surface area contributed by atoms with Crippen LogP contribution in [-0.2, 0) is 9.47 Å². The first-order chi connectivity index (χ1) is 5.20.